The molecule has 18 heavy (non-hydrogen) atoms. The molecule has 0 aliphatic carbocycles. The smallest absolute Gasteiger partial charge is 0.303 e. The van der Waals surface area contributed by atoms with E-state index in [1.165, 1.54) is 0 Å². The first kappa shape index (κ1) is 12.9. The molecule has 2 rings (SSSR count). The number of hydrogen-bond donors (Lipinski definition) is 1. The Morgan fingerprint density at radius 1 is 1.56 bits per heavy atom. The van der Waals surface area contributed by atoms with Gasteiger partial charge in [0.05, 0.1) is 0 Å². The molecule has 2 heterocycles. The largest absolute Gasteiger partial charge is 0.481 e. The minimum atomic E-state index is -0.776. The Morgan fingerprint density at radius 2 is 2.39 bits per heavy atom. The van der Waals surface area contributed by atoms with Crippen molar-refractivity contribution < 1.29 is 14.7 Å². The van der Waals surface area contributed by atoms with Gasteiger partial charge in [-0.15, -0.1) is 5.10 Å². The van der Waals surface area contributed by atoms with E-state index in [0.29, 0.717) is 18.7 Å². The van der Waals surface area contributed by atoms with Gasteiger partial charge in [-0.1, -0.05) is 4.49 Å². The zero-order valence-corrected chi connectivity index (χ0v) is 10.7. The Balaban J connectivity index is 1.90. The van der Waals surface area contributed by atoms with Gasteiger partial charge in [0.1, 0.15) is 0 Å². The highest BCUT2D eigenvalue weighted by molar-refractivity contribution is 7.03. The molecule has 1 aliphatic rings. The number of carboxylic acids is 1. The highest BCUT2D eigenvalue weighted by Crippen LogP contribution is 2.22. The summed E-state index contributed by atoms with van der Waals surface area (Å²) in [5.41, 5.74) is 0.388. The summed E-state index contributed by atoms with van der Waals surface area (Å²) in [6.45, 7) is 1.35. The molecule has 1 N–H and O–H groups in total. The number of carbonyl (C=O) groups excluding carboxylic acids is 1. The van der Waals surface area contributed by atoms with E-state index in [0.717, 1.165) is 30.9 Å². The van der Waals surface area contributed by atoms with Crippen LogP contribution in [0.2, 0.25) is 0 Å². The maximum absolute atomic E-state index is 12.1. The summed E-state index contributed by atoms with van der Waals surface area (Å²) in [5, 5.41) is 14.1. The van der Waals surface area contributed by atoms with Crippen LogP contribution in [0.3, 0.4) is 0 Å². The molecule has 0 aromatic carbocycles. The van der Waals surface area contributed by atoms with Crippen LogP contribution in [-0.2, 0) is 4.79 Å². The fraction of sp³-hybridized carbons (Fsp3) is 0.636. The average Bonchev–Trinajstić information content (AvgIpc) is 2.89. The van der Waals surface area contributed by atoms with Crippen molar-refractivity contribution in [1.82, 2.24) is 14.5 Å². The van der Waals surface area contributed by atoms with E-state index >= 15 is 0 Å². The van der Waals surface area contributed by atoms with Gasteiger partial charge in [0.25, 0.3) is 5.91 Å². The monoisotopic (exact) mass is 269 g/mol. The summed E-state index contributed by atoms with van der Waals surface area (Å²) in [6, 6.07) is 0. The molecule has 1 amide bonds. The topological polar surface area (TPSA) is 83.4 Å². The van der Waals surface area contributed by atoms with Gasteiger partial charge in [-0.25, -0.2) is 0 Å². The summed E-state index contributed by atoms with van der Waals surface area (Å²) in [4.78, 5) is 24.4. The number of carbonyl (C=O) groups is 2. The van der Waals surface area contributed by atoms with Crippen molar-refractivity contribution in [1.29, 1.82) is 0 Å². The van der Waals surface area contributed by atoms with Crippen LogP contribution in [0.5, 0.6) is 0 Å². The van der Waals surface area contributed by atoms with Gasteiger partial charge >= 0.3 is 5.97 Å². The Labute approximate surface area is 109 Å². The van der Waals surface area contributed by atoms with E-state index < -0.39 is 5.97 Å². The number of aliphatic carboxylic acids is 1. The molecule has 0 radical (unpaired) electrons. The minimum Gasteiger partial charge on any atom is -0.481 e. The first-order valence-corrected chi connectivity index (χ1v) is 6.78. The SMILES string of the molecule is O=C(O)CCC1CCCN(C(=O)c2csnn2)C1. The highest BCUT2D eigenvalue weighted by atomic mass is 32.1. The van der Waals surface area contributed by atoms with Crippen molar-refractivity contribution in [2.75, 3.05) is 13.1 Å². The van der Waals surface area contributed by atoms with Crippen LogP contribution >= 0.6 is 11.5 Å². The van der Waals surface area contributed by atoms with Gasteiger partial charge in [0, 0.05) is 24.9 Å². The summed E-state index contributed by atoms with van der Waals surface area (Å²) in [5.74, 6) is -0.587. The van der Waals surface area contributed by atoms with Crippen molar-refractivity contribution in [3.8, 4) is 0 Å². The van der Waals surface area contributed by atoms with Crippen LogP contribution < -0.4 is 0 Å². The lowest BCUT2D eigenvalue weighted by Crippen LogP contribution is -2.40. The summed E-state index contributed by atoms with van der Waals surface area (Å²) >= 11 is 1.16. The molecule has 1 unspecified atom stereocenters. The summed E-state index contributed by atoms with van der Waals surface area (Å²) in [7, 11) is 0. The molecular formula is C11H15N3O3S. The minimum absolute atomic E-state index is 0.0937. The van der Waals surface area contributed by atoms with Crippen molar-refractivity contribution in [2.45, 2.75) is 25.7 Å². The van der Waals surface area contributed by atoms with Crippen molar-refractivity contribution >= 4 is 23.4 Å². The standard InChI is InChI=1S/C11H15N3O3S/c15-10(16)4-3-8-2-1-5-14(6-8)11(17)9-7-18-13-12-9/h7-8H,1-6H2,(H,15,16). The zero-order chi connectivity index (χ0) is 13.0. The second kappa shape index (κ2) is 5.90. The van der Waals surface area contributed by atoms with Gasteiger partial charge in [-0.2, -0.15) is 0 Å². The molecule has 1 atom stereocenters. The van der Waals surface area contributed by atoms with E-state index in [9.17, 15) is 9.59 Å². The fourth-order valence-electron chi connectivity index (χ4n) is 2.23. The molecule has 0 saturated carbocycles. The van der Waals surface area contributed by atoms with Gasteiger partial charge in [0.15, 0.2) is 5.69 Å². The van der Waals surface area contributed by atoms with E-state index in [4.69, 9.17) is 5.11 Å². The third kappa shape index (κ3) is 3.25. The van der Waals surface area contributed by atoms with E-state index in [1.807, 2.05) is 0 Å². The number of nitrogens with zero attached hydrogens (tertiary/aromatic N) is 3. The van der Waals surface area contributed by atoms with Crippen LogP contribution in [0.15, 0.2) is 5.38 Å². The maximum atomic E-state index is 12.1. The number of likely N-dealkylation sites (tertiary alicyclic amines) is 1. The maximum Gasteiger partial charge on any atom is 0.303 e. The third-order valence-corrected chi connectivity index (χ3v) is 3.66. The Bertz CT molecular complexity index is 421. The predicted octanol–water partition coefficient (Wildman–Crippen LogP) is 1.26. The zero-order valence-electron chi connectivity index (χ0n) is 9.91. The fourth-order valence-corrected chi connectivity index (χ4v) is 2.66. The summed E-state index contributed by atoms with van der Waals surface area (Å²) in [6.07, 6.45) is 2.72. The molecule has 0 spiro atoms. The van der Waals surface area contributed by atoms with Gasteiger partial charge in [-0.3, -0.25) is 9.59 Å². The van der Waals surface area contributed by atoms with Crippen LogP contribution in [-0.4, -0.2) is 44.6 Å². The lowest BCUT2D eigenvalue weighted by Gasteiger charge is -2.32. The average molecular weight is 269 g/mol. The quantitative estimate of drug-likeness (QED) is 0.889. The molecule has 1 fully saturated rings. The van der Waals surface area contributed by atoms with E-state index in [2.05, 4.69) is 9.59 Å². The van der Waals surface area contributed by atoms with Gasteiger partial charge < -0.3 is 10.0 Å². The van der Waals surface area contributed by atoms with Crippen LogP contribution in [0.1, 0.15) is 36.2 Å². The van der Waals surface area contributed by atoms with E-state index in [-0.39, 0.29) is 18.2 Å². The molecular weight excluding hydrogens is 254 g/mol. The number of carboxylic acid groups (broad SMARTS) is 1. The number of piperidine rings is 1. The Hall–Kier alpha value is -1.50. The molecule has 1 aromatic rings. The molecule has 1 saturated heterocycles. The van der Waals surface area contributed by atoms with Crippen molar-refractivity contribution in [2.24, 2.45) is 5.92 Å². The Morgan fingerprint density at radius 3 is 3.06 bits per heavy atom. The Kier molecular flexibility index (Phi) is 4.24. The molecule has 98 valence electrons. The lowest BCUT2D eigenvalue weighted by molar-refractivity contribution is -0.137. The third-order valence-electron chi connectivity index (χ3n) is 3.15. The highest BCUT2D eigenvalue weighted by Gasteiger charge is 2.25. The molecule has 6 nitrogen and oxygen atoms in total. The van der Waals surface area contributed by atoms with Gasteiger partial charge in [-0.05, 0) is 36.7 Å². The number of rotatable bonds is 4. The normalized spacial score (nSPS) is 19.8. The number of aromatic nitrogens is 2. The predicted molar refractivity (Wildman–Crippen MR) is 65.4 cm³/mol. The summed E-state index contributed by atoms with van der Waals surface area (Å²) < 4.78 is 3.68. The van der Waals surface area contributed by atoms with Crippen LogP contribution in [0.25, 0.3) is 0 Å². The van der Waals surface area contributed by atoms with Gasteiger partial charge in [0.2, 0.25) is 0 Å². The van der Waals surface area contributed by atoms with Crippen LogP contribution in [0.4, 0.5) is 0 Å². The first-order chi connectivity index (χ1) is 8.66. The second-order valence-electron chi connectivity index (χ2n) is 4.48. The van der Waals surface area contributed by atoms with Crippen molar-refractivity contribution in [3.05, 3.63) is 11.1 Å². The lowest BCUT2D eigenvalue weighted by atomic mass is 9.93. The van der Waals surface area contributed by atoms with Crippen LogP contribution in [0, 0.1) is 5.92 Å². The first-order valence-electron chi connectivity index (χ1n) is 5.95. The van der Waals surface area contributed by atoms with Crippen molar-refractivity contribution in [3.63, 3.8) is 0 Å². The second-order valence-corrected chi connectivity index (χ2v) is 5.09. The molecule has 7 heteroatoms. The molecule has 1 aliphatic heterocycles. The number of amides is 1. The molecule has 1 aromatic heterocycles. The van der Waals surface area contributed by atoms with E-state index in [1.54, 1.807) is 10.3 Å². The number of hydrogen-bond acceptors (Lipinski definition) is 5. The molecule has 0 bridgehead atoms.